The Morgan fingerprint density at radius 2 is 2.00 bits per heavy atom. The van der Waals surface area contributed by atoms with Crippen LogP contribution in [0.3, 0.4) is 0 Å². The lowest BCUT2D eigenvalue weighted by atomic mass is 10.2. The zero-order chi connectivity index (χ0) is 13.8. The predicted octanol–water partition coefficient (Wildman–Crippen LogP) is 4.02. The highest BCUT2D eigenvalue weighted by Gasteiger charge is 2.19. The molecule has 6 heteroatoms. The third-order valence-corrected chi connectivity index (χ3v) is 2.96. The highest BCUT2D eigenvalue weighted by molar-refractivity contribution is 9.10. The molecule has 0 spiro atoms. The molecule has 0 bridgehead atoms. The van der Waals surface area contributed by atoms with Crippen molar-refractivity contribution in [3.63, 3.8) is 0 Å². The highest BCUT2D eigenvalue weighted by Crippen LogP contribution is 2.37. The second kappa shape index (κ2) is 5.50. The number of nitrogens with zero attached hydrogens (tertiary/aromatic N) is 2. The van der Waals surface area contributed by atoms with E-state index in [4.69, 9.17) is 10.00 Å². The van der Waals surface area contributed by atoms with Gasteiger partial charge in [0, 0.05) is 0 Å². The molecule has 0 aliphatic rings. The van der Waals surface area contributed by atoms with Gasteiger partial charge >= 0.3 is 5.69 Å². The molecule has 0 atom stereocenters. The first-order valence-corrected chi connectivity index (χ1v) is 6.02. The van der Waals surface area contributed by atoms with Crippen molar-refractivity contribution < 1.29 is 9.66 Å². The Morgan fingerprint density at radius 3 is 2.68 bits per heavy atom. The number of ether oxygens (including phenoxy) is 1. The topological polar surface area (TPSA) is 76.2 Å². The fraction of sp³-hybridized carbons (Fsp3) is 0. The molecular weight excluding hydrogens is 312 g/mol. The first kappa shape index (κ1) is 13.1. The molecule has 5 nitrogen and oxygen atoms in total. The molecule has 0 saturated carbocycles. The van der Waals surface area contributed by atoms with Gasteiger partial charge in [-0.25, -0.2) is 0 Å². The van der Waals surface area contributed by atoms with Crippen LogP contribution in [-0.2, 0) is 0 Å². The molecule has 0 fully saturated rings. The van der Waals surface area contributed by atoms with E-state index in [0.29, 0.717) is 15.8 Å². The summed E-state index contributed by atoms with van der Waals surface area (Å²) in [7, 11) is 0. The molecular formula is C13H7BrN2O3. The van der Waals surface area contributed by atoms with Crippen molar-refractivity contribution in [1.82, 2.24) is 0 Å². The zero-order valence-corrected chi connectivity index (χ0v) is 11.1. The van der Waals surface area contributed by atoms with Crippen LogP contribution in [0, 0.1) is 21.4 Å². The van der Waals surface area contributed by atoms with E-state index in [2.05, 4.69) is 15.9 Å². The number of nitriles is 1. The van der Waals surface area contributed by atoms with Gasteiger partial charge < -0.3 is 4.74 Å². The van der Waals surface area contributed by atoms with Crippen LogP contribution in [0.1, 0.15) is 5.56 Å². The van der Waals surface area contributed by atoms with Gasteiger partial charge in [0.1, 0.15) is 5.75 Å². The first-order chi connectivity index (χ1) is 9.11. The van der Waals surface area contributed by atoms with Crippen molar-refractivity contribution in [2.45, 2.75) is 0 Å². The van der Waals surface area contributed by atoms with Gasteiger partial charge in [0.25, 0.3) is 0 Å². The third-order valence-electron chi connectivity index (χ3n) is 2.32. The van der Waals surface area contributed by atoms with Crippen molar-refractivity contribution in [3.8, 4) is 17.6 Å². The molecule has 0 N–H and O–H groups in total. The van der Waals surface area contributed by atoms with E-state index in [9.17, 15) is 10.1 Å². The van der Waals surface area contributed by atoms with Crippen LogP contribution >= 0.6 is 15.9 Å². The van der Waals surface area contributed by atoms with E-state index in [0.717, 1.165) is 0 Å². The van der Waals surface area contributed by atoms with Crippen LogP contribution < -0.4 is 4.74 Å². The number of hydrogen-bond acceptors (Lipinski definition) is 4. The number of para-hydroxylation sites is 1. The molecule has 0 aliphatic carbocycles. The molecule has 2 rings (SSSR count). The lowest BCUT2D eigenvalue weighted by Gasteiger charge is -2.07. The normalized spacial score (nSPS) is 9.68. The summed E-state index contributed by atoms with van der Waals surface area (Å²) in [5, 5.41) is 19.8. The number of hydrogen-bond donors (Lipinski definition) is 0. The number of nitro benzene ring substituents is 1. The Balaban J connectivity index is 2.41. The van der Waals surface area contributed by atoms with Crippen LogP contribution in [0.2, 0.25) is 0 Å². The van der Waals surface area contributed by atoms with E-state index in [-0.39, 0.29) is 11.4 Å². The van der Waals surface area contributed by atoms with Gasteiger partial charge in [-0.15, -0.1) is 0 Å². The van der Waals surface area contributed by atoms with Gasteiger partial charge in [0.05, 0.1) is 21.0 Å². The minimum atomic E-state index is -0.520. The Labute approximate surface area is 117 Å². The largest absolute Gasteiger partial charge is 0.450 e. The second-order valence-electron chi connectivity index (χ2n) is 3.59. The van der Waals surface area contributed by atoms with Crippen LogP contribution in [-0.4, -0.2) is 4.92 Å². The molecule has 94 valence electrons. The Morgan fingerprint density at radius 1 is 1.26 bits per heavy atom. The number of nitro groups is 1. The van der Waals surface area contributed by atoms with E-state index in [1.165, 1.54) is 12.1 Å². The summed E-state index contributed by atoms with van der Waals surface area (Å²) in [6.45, 7) is 0. The van der Waals surface area contributed by atoms with Crippen molar-refractivity contribution in [2.24, 2.45) is 0 Å². The number of benzene rings is 2. The second-order valence-corrected chi connectivity index (χ2v) is 4.44. The smallest absolute Gasteiger partial charge is 0.325 e. The Kier molecular flexibility index (Phi) is 3.78. The summed E-state index contributed by atoms with van der Waals surface area (Å²) >= 11 is 3.12. The number of halogens is 1. The lowest BCUT2D eigenvalue weighted by molar-refractivity contribution is -0.386. The zero-order valence-electron chi connectivity index (χ0n) is 9.54. The highest BCUT2D eigenvalue weighted by atomic mass is 79.9. The van der Waals surface area contributed by atoms with Gasteiger partial charge in [-0.3, -0.25) is 10.1 Å². The van der Waals surface area contributed by atoms with E-state index >= 15 is 0 Å². The van der Waals surface area contributed by atoms with E-state index in [1.807, 2.05) is 6.07 Å². The molecule has 0 aliphatic heterocycles. The summed E-state index contributed by atoms with van der Waals surface area (Å²) in [6, 6.07) is 13.1. The minimum absolute atomic E-state index is 0.120. The van der Waals surface area contributed by atoms with Gasteiger partial charge in [-0.05, 0) is 46.3 Å². The minimum Gasteiger partial charge on any atom is -0.450 e. The fourth-order valence-corrected chi connectivity index (χ4v) is 2.00. The van der Waals surface area contributed by atoms with Gasteiger partial charge in [-0.1, -0.05) is 12.1 Å². The summed E-state index contributed by atoms with van der Waals surface area (Å²) in [5.41, 5.74) is 0.278. The molecule has 0 aromatic heterocycles. The van der Waals surface area contributed by atoms with Crippen molar-refractivity contribution in [1.29, 1.82) is 5.26 Å². The van der Waals surface area contributed by atoms with Crippen molar-refractivity contribution >= 4 is 21.6 Å². The van der Waals surface area contributed by atoms with Gasteiger partial charge in [0.15, 0.2) is 0 Å². The molecule has 0 heterocycles. The molecule has 19 heavy (non-hydrogen) atoms. The quantitative estimate of drug-likeness (QED) is 0.632. The van der Waals surface area contributed by atoms with Crippen LogP contribution in [0.5, 0.6) is 11.5 Å². The van der Waals surface area contributed by atoms with Crippen LogP contribution in [0.15, 0.2) is 46.9 Å². The van der Waals surface area contributed by atoms with Crippen molar-refractivity contribution in [2.75, 3.05) is 0 Å². The van der Waals surface area contributed by atoms with Crippen LogP contribution in [0.25, 0.3) is 0 Å². The average Bonchev–Trinajstić information content (AvgIpc) is 2.38. The Hall–Kier alpha value is -2.39. The summed E-state index contributed by atoms with van der Waals surface area (Å²) in [6.07, 6.45) is 0. The van der Waals surface area contributed by atoms with Crippen LogP contribution in [0.4, 0.5) is 5.69 Å². The monoisotopic (exact) mass is 318 g/mol. The summed E-state index contributed by atoms with van der Waals surface area (Å²) < 4.78 is 5.81. The summed E-state index contributed by atoms with van der Waals surface area (Å²) in [4.78, 5) is 10.5. The average molecular weight is 319 g/mol. The molecule has 0 saturated heterocycles. The lowest BCUT2D eigenvalue weighted by Crippen LogP contribution is -1.94. The molecule has 0 radical (unpaired) electrons. The fourth-order valence-electron chi connectivity index (χ4n) is 1.51. The summed E-state index contributed by atoms with van der Waals surface area (Å²) in [5.74, 6) is 0.495. The SMILES string of the molecule is N#Cc1cccc(Oc2cccc(Br)c2[N+](=O)[O-])c1. The maximum Gasteiger partial charge on any atom is 0.325 e. The number of rotatable bonds is 3. The maximum atomic E-state index is 11.0. The molecule has 2 aromatic rings. The van der Waals surface area contributed by atoms with Crippen molar-refractivity contribution in [3.05, 3.63) is 62.6 Å². The predicted molar refractivity (Wildman–Crippen MR) is 72.0 cm³/mol. The van der Waals surface area contributed by atoms with E-state index < -0.39 is 4.92 Å². The molecule has 0 unspecified atom stereocenters. The third kappa shape index (κ3) is 2.89. The van der Waals surface area contributed by atoms with Gasteiger partial charge in [0.2, 0.25) is 5.75 Å². The Bertz CT molecular complexity index is 680. The maximum absolute atomic E-state index is 11.0. The standard InChI is InChI=1S/C13H7BrN2O3/c14-11-5-2-6-12(13(11)16(17)18)19-10-4-1-3-9(7-10)8-15/h1-7H. The molecule has 0 amide bonds. The van der Waals surface area contributed by atoms with Gasteiger partial charge in [-0.2, -0.15) is 5.26 Å². The van der Waals surface area contributed by atoms with E-state index in [1.54, 1.807) is 30.3 Å². The molecule has 2 aromatic carbocycles. The first-order valence-electron chi connectivity index (χ1n) is 5.22.